The number of hydrogen-bond acceptors (Lipinski definition) is 4. The predicted octanol–water partition coefficient (Wildman–Crippen LogP) is 11.2. The molecule has 1 atom stereocenters. The minimum Gasteiger partial charge on any atom is -0.481 e. The molecule has 1 saturated carbocycles. The number of urea groups is 1. The van der Waals surface area contributed by atoms with Gasteiger partial charge in [-0.2, -0.15) is 0 Å². The number of amides is 2. The lowest BCUT2D eigenvalue weighted by Crippen LogP contribution is -2.44. The van der Waals surface area contributed by atoms with Gasteiger partial charge in [-0.05, 0) is 60.9 Å². The average Bonchev–Trinajstić information content (AvgIpc) is 3.89. The number of fused-ring (bicyclic) bond motifs is 2. The van der Waals surface area contributed by atoms with Gasteiger partial charge in [-0.1, -0.05) is 135 Å². The molecule has 4 N–H and O–H groups in total. The highest BCUT2D eigenvalue weighted by Gasteiger charge is 2.42. The normalized spacial score (nSPS) is 15.5. The Hall–Kier alpha value is -3.39. The van der Waals surface area contributed by atoms with Gasteiger partial charge in [-0.25, -0.2) is 9.78 Å². The van der Waals surface area contributed by atoms with Crippen LogP contribution in [-0.2, 0) is 24.3 Å². The SMILES string of the molecule is CC(C)CCn1c(CC2c3ccccc3NC(=O)N2C2CC2)nc2cc(CN)ccc21.CCCCCCCCCCCCCCCCCC(=O)O. The smallest absolute Gasteiger partial charge is 0.322 e. The summed E-state index contributed by atoms with van der Waals surface area (Å²) in [5.41, 5.74) is 11.2. The first-order chi connectivity index (χ1) is 24.8. The van der Waals surface area contributed by atoms with Crippen LogP contribution in [0.25, 0.3) is 11.0 Å². The molecule has 0 spiro atoms. The molecular weight excluding hydrogens is 635 g/mol. The van der Waals surface area contributed by atoms with E-state index in [0.29, 0.717) is 31.3 Å². The topological polar surface area (TPSA) is 113 Å². The van der Waals surface area contributed by atoms with Crippen LogP contribution in [0, 0.1) is 5.92 Å². The van der Waals surface area contributed by atoms with Crippen LogP contribution in [-0.4, -0.2) is 37.6 Å². The number of imidazole rings is 1. The fraction of sp³-hybridized carbons (Fsp3) is 0.651. The average molecular weight is 702 g/mol. The van der Waals surface area contributed by atoms with Crippen molar-refractivity contribution in [3.8, 4) is 0 Å². The Morgan fingerprint density at radius 2 is 1.51 bits per heavy atom. The van der Waals surface area contributed by atoms with Gasteiger partial charge in [-0.3, -0.25) is 4.79 Å². The Labute approximate surface area is 308 Å². The second-order valence-corrected chi connectivity index (χ2v) is 15.4. The number of carboxylic acids is 1. The molecule has 0 bridgehead atoms. The van der Waals surface area contributed by atoms with Crippen LogP contribution in [0.1, 0.15) is 166 Å². The zero-order chi connectivity index (χ0) is 36.4. The summed E-state index contributed by atoms with van der Waals surface area (Å²) in [6.07, 6.45) is 24.2. The standard InChI is InChI=1S/C25H31N5O.C18H36O2/c1-16(2)11-12-29-22-10-7-17(15-26)13-21(22)27-24(29)14-23-19-5-3-4-6-20(19)28-25(31)30(23)18-8-9-18;1-2-3-4-5-6-7-8-9-10-11-12-13-14-15-16-17-18(19)20/h3-7,10,13,16,18,23H,8-9,11-12,14-15,26H2,1-2H3,(H,28,31);2-17H2,1H3,(H,19,20). The molecule has 2 amide bonds. The van der Waals surface area contributed by atoms with E-state index < -0.39 is 5.97 Å². The van der Waals surface area contributed by atoms with Crippen molar-refractivity contribution in [1.82, 2.24) is 14.5 Å². The van der Waals surface area contributed by atoms with Crippen LogP contribution in [0.15, 0.2) is 42.5 Å². The maximum Gasteiger partial charge on any atom is 0.322 e. The summed E-state index contributed by atoms with van der Waals surface area (Å²) in [4.78, 5) is 30.4. The number of aliphatic carboxylic acids is 1. The van der Waals surface area contributed by atoms with Crippen LogP contribution < -0.4 is 11.1 Å². The monoisotopic (exact) mass is 702 g/mol. The number of hydrogen-bond donors (Lipinski definition) is 3. The molecule has 2 aromatic carbocycles. The second-order valence-electron chi connectivity index (χ2n) is 15.4. The molecule has 2 aliphatic rings. The van der Waals surface area contributed by atoms with E-state index in [1.54, 1.807) is 0 Å². The zero-order valence-electron chi connectivity index (χ0n) is 32.0. The highest BCUT2D eigenvalue weighted by Crippen LogP contribution is 2.42. The van der Waals surface area contributed by atoms with Crippen LogP contribution in [0.2, 0.25) is 0 Å². The van der Waals surface area contributed by atoms with Crippen molar-refractivity contribution in [3.05, 3.63) is 59.4 Å². The molecule has 1 unspecified atom stereocenters. The number of aromatic nitrogens is 2. The largest absolute Gasteiger partial charge is 0.481 e. The van der Waals surface area contributed by atoms with Gasteiger partial charge in [0.25, 0.3) is 0 Å². The maximum absolute atomic E-state index is 13.0. The van der Waals surface area contributed by atoms with Crippen molar-refractivity contribution in [1.29, 1.82) is 0 Å². The van der Waals surface area contributed by atoms with E-state index in [1.165, 1.54) is 89.0 Å². The summed E-state index contributed by atoms with van der Waals surface area (Å²) >= 11 is 0. The highest BCUT2D eigenvalue weighted by molar-refractivity contribution is 5.93. The lowest BCUT2D eigenvalue weighted by molar-refractivity contribution is -0.137. The van der Waals surface area contributed by atoms with E-state index >= 15 is 0 Å². The number of anilines is 1. The fourth-order valence-corrected chi connectivity index (χ4v) is 7.32. The van der Waals surface area contributed by atoms with Crippen molar-refractivity contribution in [3.63, 3.8) is 0 Å². The van der Waals surface area contributed by atoms with E-state index in [1.807, 2.05) is 12.1 Å². The van der Waals surface area contributed by atoms with Crippen LogP contribution in [0.4, 0.5) is 10.5 Å². The van der Waals surface area contributed by atoms with Gasteiger partial charge in [0.1, 0.15) is 5.82 Å². The van der Waals surface area contributed by atoms with Crippen molar-refractivity contribution >= 4 is 28.7 Å². The van der Waals surface area contributed by atoms with Crippen molar-refractivity contribution in [2.75, 3.05) is 5.32 Å². The first kappa shape index (κ1) is 40.4. The third-order valence-corrected chi connectivity index (χ3v) is 10.5. The first-order valence-electron chi connectivity index (χ1n) is 20.4. The number of carbonyl (C=O) groups is 2. The third kappa shape index (κ3) is 13.3. The number of nitrogens with one attached hydrogen (secondary N) is 1. The molecule has 2 heterocycles. The molecule has 3 aromatic rings. The zero-order valence-corrected chi connectivity index (χ0v) is 32.0. The molecular formula is C43H67N5O3. The van der Waals surface area contributed by atoms with E-state index in [9.17, 15) is 9.59 Å². The molecule has 282 valence electrons. The van der Waals surface area contributed by atoms with Gasteiger partial charge in [-0.15, -0.1) is 0 Å². The Bertz CT molecular complexity index is 1480. The molecule has 1 aliphatic heterocycles. The number of carboxylic acid groups (broad SMARTS) is 1. The fourth-order valence-electron chi connectivity index (χ4n) is 7.32. The molecule has 0 saturated heterocycles. The van der Waals surface area contributed by atoms with E-state index in [4.69, 9.17) is 15.8 Å². The quantitative estimate of drug-likeness (QED) is 0.0852. The molecule has 0 radical (unpaired) electrons. The van der Waals surface area contributed by atoms with E-state index in [-0.39, 0.29) is 12.1 Å². The number of rotatable bonds is 23. The van der Waals surface area contributed by atoms with Gasteiger partial charge in [0.05, 0.1) is 17.1 Å². The van der Waals surface area contributed by atoms with Crippen molar-refractivity contribution in [2.24, 2.45) is 11.7 Å². The molecule has 5 rings (SSSR count). The van der Waals surface area contributed by atoms with E-state index in [0.717, 1.165) is 66.8 Å². The van der Waals surface area contributed by atoms with E-state index in [2.05, 4.69) is 65.9 Å². The summed E-state index contributed by atoms with van der Waals surface area (Å²) in [6.45, 7) is 8.21. The number of unbranched alkanes of at least 4 members (excludes halogenated alkanes) is 14. The van der Waals surface area contributed by atoms with Crippen LogP contribution in [0.5, 0.6) is 0 Å². The van der Waals surface area contributed by atoms with Gasteiger partial charge in [0.2, 0.25) is 0 Å². The third-order valence-electron chi connectivity index (χ3n) is 10.5. The number of nitrogens with two attached hydrogens (primary N) is 1. The van der Waals surface area contributed by atoms with Crippen LogP contribution >= 0.6 is 0 Å². The second kappa shape index (κ2) is 21.9. The Morgan fingerprint density at radius 1 is 0.902 bits per heavy atom. The number of carbonyl (C=O) groups excluding carboxylic acids is 1. The van der Waals surface area contributed by atoms with Gasteiger partial charge < -0.3 is 25.6 Å². The summed E-state index contributed by atoms with van der Waals surface area (Å²) in [5.74, 6) is 1.00. The summed E-state index contributed by atoms with van der Waals surface area (Å²) in [5, 5.41) is 11.6. The van der Waals surface area contributed by atoms with Gasteiger partial charge in [0.15, 0.2) is 0 Å². The van der Waals surface area contributed by atoms with Crippen LogP contribution in [0.3, 0.4) is 0 Å². The summed E-state index contributed by atoms with van der Waals surface area (Å²) < 4.78 is 2.36. The van der Waals surface area contributed by atoms with Gasteiger partial charge >= 0.3 is 12.0 Å². The Morgan fingerprint density at radius 3 is 2.08 bits per heavy atom. The maximum atomic E-state index is 13.0. The molecule has 8 nitrogen and oxygen atoms in total. The van der Waals surface area contributed by atoms with Crippen molar-refractivity contribution < 1.29 is 14.7 Å². The minimum atomic E-state index is -0.653. The number of nitrogens with zero attached hydrogens (tertiary/aromatic N) is 3. The number of aryl methyl sites for hydroxylation is 1. The molecule has 51 heavy (non-hydrogen) atoms. The molecule has 1 aromatic heterocycles. The Balaban J connectivity index is 0.000000255. The highest BCUT2D eigenvalue weighted by atomic mass is 16.4. The molecule has 1 fully saturated rings. The van der Waals surface area contributed by atoms with Gasteiger partial charge in [0, 0.05) is 37.7 Å². The molecule has 1 aliphatic carbocycles. The number of benzene rings is 2. The van der Waals surface area contributed by atoms with Crippen molar-refractivity contribution in [2.45, 2.75) is 174 Å². The summed E-state index contributed by atoms with van der Waals surface area (Å²) in [7, 11) is 0. The predicted molar refractivity (Wildman–Crippen MR) is 211 cm³/mol. The lowest BCUT2D eigenvalue weighted by Gasteiger charge is -2.37. The number of para-hydroxylation sites is 1. The molecule has 8 heteroatoms. The lowest BCUT2D eigenvalue weighted by atomic mass is 9.97. The first-order valence-corrected chi connectivity index (χ1v) is 20.4. The Kier molecular flexibility index (Phi) is 17.3. The minimum absolute atomic E-state index is 0.000964. The summed E-state index contributed by atoms with van der Waals surface area (Å²) in [6, 6.07) is 14.9.